The minimum Gasteiger partial charge on any atom is -0.349 e. The summed E-state index contributed by atoms with van der Waals surface area (Å²) in [6.07, 6.45) is 2.74. The van der Waals surface area contributed by atoms with Gasteiger partial charge in [0.05, 0.1) is 10.7 Å². The molecule has 0 aromatic carbocycles. The molecular weight excluding hydrogens is 391 g/mol. The Kier molecular flexibility index (Phi) is 11.3. The monoisotopic (exact) mass is 424 g/mol. The zero-order valence-electron chi connectivity index (χ0n) is 16.3. The molecule has 1 aliphatic heterocycles. The van der Waals surface area contributed by atoms with Crippen LogP contribution in [0.5, 0.6) is 0 Å². The molecule has 1 aliphatic rings. The Morgan fingerprint density at radius 3 is 2.50 bits per heavy atom. The van der Waals surface area contributed by atoms with Gasteiger partial charge >= 0.3 is 0 Å². The summed E-state index contributed by atoms with van der Waals surface area (Å²) in [5, 5.41) is 6.47. The average molecular weight is 425 g/mol. The normalized spacial score (nSPS) is 17.9. The molecule has 5 nitrogen and oxygen atoms in total. The van der Waals surface area contributed by atoms with E-state index < -0.39 is 0 Å². The fourth-order valence-electron chi connectivity index (χ4n) is 3.55. The van der Waals surface area contributed by atoms with Gasteiger partial charge in [0.25, 0.3) is 0 Å². The van der Waals surface area contributed by atoms with Crippen molar-refractivity contribution in [3.63, 3.8) is 0 Å². The van der Waals surface area contributed by atoms with Gasteiger partial charge in [-0.05, 0) is 52.1 Å². The Hall–Kier alpha value is -0.400. The van der Waals surface area contributed by atoms with E-state index in [4.69, 9.17) is 5.73 Å². The Balaban J connectivity index is 0.00000312. The topological polar surface area (TPSA) is 71.2 Å². The summed E-state index contributed by atoms with van der Waals surface area (Å²) in [5.41, 5.74) is 6.77. The van der Waals surface area contributed by atoms with Crippen LogP contribution in [0, 0.1) is 18.8 Å². The third-order valence-corrected chi connectivity index (χ3v) is 5.57. The van der Waals surface area contributed by atoms with Crippen molar-refractivity contribution in [1.29, 1.82) is 0 Å². The molecule has 1 amide bonds. The van der Waals surface area contributed by atoms with Crippen LogP contribution in [0.25, 0.3) is 0 Å². The van der Waals surface area contributed by atoms with Gasteiger partial charge in [0.1, 0.15) is 0 Å². The molecule has 0 saturated carbocycles. The van der Waals surface area contributed by atoms with Crippen LogP contribution in [0.3, 0.4) is 0 Å². The number of aromatic nitrogens is 1. The zero-order valence-corrected chi connectivity index (χ0v) is 18.7. The number of rotatable bonds is 7. The lowest BCUT2D eigenvalue weighted by Gasteiger charge is -2.35. The lowest BCUT2D eigenvalue weighted by molar-refractivity contribution is -0.128. The van der Waals surface area contributed by atoms with E-state index in [1.807, 2.05) is 6.92 Å². The number of likely N-dealkylation sites (tertiary alicyclic amines) is 1. The van der Waals surface area contributed by atoms with Gasteiger partial charge < -0.3 is 11.1 Å². The molecule has 1 aromatic heterocycles. The molecular formula is C18H34Cl2N4OS. The van der Waals surface area contributed by atoms with E-state index in [2.05, 4.69) is 41.4 Å². The summed E-state index contributed by atoms with van der Waals surface area (Å²) >= 11 is 1.70. The maximum absolute atomic E-state index is 12.6. The Labute approximate surface area is 174 Å². The molecule has 0 aliphatic carbocycles. The van der Waals surface area contributed by atoms with Crippen LogP contribution >= 0.6 is 36.2 Å². The smallest absolute Gasteiger partial charge is 0.223 e. The van der Waals surface area contributed by atoms with Gasteiger partial charge in [0.15, 0.2) is 0 Å². The molecule has 2 rings (SSSR count). The van der Waals surface area contributed by atoms with Gasteiger partial charge in [-0.1, -0.05) is 13.8 Å². The van der Waals surface area contributed by atoms with Gasteiger partial charge in [-0.3, -0.25) is 9.69 Å². The second kappa shape index (κ2) is 11.4. The first-order valence-electron chi connectivity index (χ1n) is 8.97. The molecule has 1 saturated heterocycles. The van der Waals surface area contributed by atoms with E-state index in [-0.39, 0.29) is 42.2 Å². The number of carbonyl (C=O) groups is 1. The predicted octanol–water partition coefficient (Wildman–Crippen LogP) is 3.39. The number of hydrogen-bond acceptors (Lipinski definition) is 5. The van der Waals surface area contributed by atoms with Gasteiger partial charge in [-0.15, -0.1) is 36.2 Å². The highest BCUT2D eigenvalue weighted by Gasteiger charge is 2.31. The highest BCUT2D eigenvalue weighted by Crippen LogP contribution is 2.22. The molecule has 8 heteroatoms. The second-order valence-corrected chi connectivity index (χ2v) is 8.82. The van der Waals surface area contributed by atoms with E-state index in [0.29, 0.717) is 12.5 Å². The molecule has 152 valence electrons. The highest BCUT2D eigenvalue weighted by molar-refractivity contribution is 7.09. The maximum atomic E-state index is 12.6. The molecule has 1 fully saturated rings. The largest absolute Gasteiger partial charge is 0.349 e. The van der Waals surface area contributed by atoms with Crippen LogP contribution in [0.2, 0.25) is 0 Å². The Bertz CT molecular complexity index is 547. The summed E-state index contributed by atoms with van der Waals surface area (Å²) in [5.74, 6) is 0.798. The second-order valence-electron chi connectivity index (χ2n) is 7.76. The predicted molar refractivity (Wildman–Crippen MR) is 114 cm³/mol. The number of nitrogens with two attached hydrogens (primary N) is 1. The summed E-state index contributed by atoms with van der Waals surface area (Å²) in [6, 6.07) is 0. The summed E-state index contributed by atoms with van der Waals surface area (Å²) < 4.78 is 0. The summed E-state index contributed by atoms with van der Waals surface area (Å²) in [4.78, 5) is 19.6. The highest BCUT2D eigenvalue weighted by atomic mass is 35.5. The van der Waals surface area contributed by atoms with Crippen LogP contribution < -0.4 is 11.1 Å². The Morgan fingerprint density at radius 2 is 2.04 bits per heavy atom. The lowest BCUT2D eigenvalue weighted by Crippen LogP contribution is -2.54. The lowest BCUT2D eigenvalue weighted by atomic mass is 9.88. The number of piperidine rings is 1. The number of aryl methyl sites for hydroxylation is 1. The van der Waals surface area contributed by atoms with Gasteiger partial charge in [0, 0.05) is 29.9 Å². The quantitative estimate of drug-likeness (QED) is 0.703. The van der Waals surface area contributed by atoms with Crippen molar-refractivity contribution in [3.05, 3.63) is 16.1 Å². The number of halogens is 2. The molecule has 0 spiro atoms. The SMILES string of the molecule is Cc1nc(CN2CCC(C(=O)NC(C)(CN)CC(C)C)CC2)cs1.Cl.Cl. The number of nitrogens with one attached hydrogen (secondary N) is 1. The van der Waals surface area contributed by atoms with Crippen molar-refractivity contribution in [2.45, 2.75) is 59.0 Å². The molecule has 3 N–H and O–H groups in total. The molecule has 0 bridgehead atoms. The minimum absolute atomic E-state index is 0. The average Bonchev–Trinajstić information content (AvgIpc) is 2.92. The first-order chi connectivity index (χ1) is 11.3. The Morgan fingerprint density at radius 1 is 1.42 bits per heavy atom. The van der Waals surface area contributed by atoms with Crippen molar-refractivity contribution in [3.8, 4) is 0 Å². The van der Waals surface area contributed by atoms with Gasteiger partial charge in [-0.25, -0.2) is 4.98 Å². The number of thiazole rings is 1. The molecule has 1 unspecified atom stereocenters. The minimum atomic E-state index is -0.291. The van der Waals surface area contributed by atoms with Crippen LogP contribution in [-0.2, 0) is 11.3 Å². The number of carbonyl (C=O) groups excluding carboxylic acids is 1. The van der Waals surface area contributed by atoms with Crippen LogP contribution in [0.4, 0.5) is 0 Å². The van der Waals surface area contributed by atoms with Crippen molar-refractivity contribution < 1.29 is 4.79 Å². The van der Waals surface area contributed by atoms with Crippen molar-refractivity contribution in [1.82, 2.24) is 15.2 Å². The van der Waals surface area contributed by atoms with Crippen LogP contribution in [0.1, 0.15) is 50.7 Å². The van der Waals surface area contributed by atoms with E-state index in [9.17, 15) is 4.79 Å². The summed E-state index contributed by atoms with van der Waals surface area (Å²) in [6.45, 7) is 11.7. The third kappa shape index (κ3) is 7.69. The van der Waals surface area contributed by atoms with Crippen molar-refractivity contribution >= 4 is 42.1 Å². The molecule has 2 heterocycles. The first-order valence-corrected chi connectivity index (χ1v) is 9.85. The maximum Gasteiger partial charge on any atom is 0.223 e. The third-order valence-electron chi connectivity index (χ3n) is 4.74. The van der Waals surface area contributed by atoms with Crippen LogP contribution in [0.15, 0.2) is 5.38 Å². The van der Waals surface area contributed by atoms with E-state index in [1.165, 1.54) is 0 Å². The van der Waals surface area contributed by atoms with Crippen molar-refractivity contribution in [2.24, 2.45) is 17.6 Å². The van der Waals surface area contributed by atoms with Crippen molar-refractivity contribution in [2.75, 3.05) is 19.6 Å². The number of amides is 1. The fourth-order valence-corrected chi connectivity index (χ4v) is 4.15. The molecule has 26 heavy (non-hydrogen) atoms. The number of hydrogen-bond donors (Lipinski definition) is 2. The van der Waals surface area contributed by atoms with E-state index in [0.717, 1.165) is 49.6 Å². The molecule has 1 atom stereocenters. The molecule has 1 aromatic rings. The van der Waals surface area contributed by atoms with E-state index >= 15 is 0 Å². The molecule has 0 radical (unpaired) electrons. The fraction of sp³-hybridized carbons (Fsp3) is 0.778. The van der Waals surface area contributed by atoms with E-state index in [1.54, 1.807) is 11.3 Å². The first kappa shape index (κ1) is 25.6. The number of nitrogens with zero attached hydrogens (tertiary/aromatic N) is 2. The van der Waals surface area contributed by atoms with Gasteiger partial charge in [0.2, 0.25) is 5.91 Å². The summed E-state index contributed by atoms with van der Waals surface area (Å²) in [7, 11) is 0. The van der Waals surface area contributed by atoms with Gasteiger partial charge in [-0.2, -0.15) is 0 Å². The zero-order chi connectivity index (χ0) is 17.7. The van der Waals surface area contributed by atoms with Crippen LogP contribution in [-0.4, -0.2) is 41.0 Å². The standard InChI is InChI=1S/C18H32N4OS.2ClH/c1-13(2)9-18(4,12-19)21-17(23)15-5-7-22(8-6-15)10-16-11-24-14(3)20-16;;/h11,13,15H,5-10,12,19H2,1-4H3,(H,21,23);2*1H.